The van der Waals surface area contributed by atoms with Crippen molar-refractivity contribution >= 4 is 16.5 Å². The lowest BCUT2D eigenvalue weighted by Gasteiger charge is -2.29. The fourth-order valence-corrected chi connectivity index (χ4v) is 4.73. The van der Waals surface area contributed by atoms with E-state index in [-0.39, 0.29) is 0 Å². The van der Waals surface area contributed by atoms with Crippen LogP contribution in [0.3, 0.4) is 0 Å². The third-order valence-corrected chi connectivity index (χ3v) is 5.79. The Kier molecular flexibility index (Phi) is 4.94. The van der Waals surface area contributed by atoms with Gasteiger partial charge in [0.2, 0.25) is 0 Å². The summed E-state index contributed by atoms with van der Waals surface area (Å²) in [6, 6.07) is 0.778. The molecule has 2 heterocycles. The van der Waals surface area contributed by atoms with Crippen molar-refractivity contribution in [2.24, 2.45) is 5.92 Å². The average molecular weight is 293 g/mol. The largest absolute Gasteiger partial charge is 0.345 e. The molecule has 1 aromatic rings. The summed E-state index contributed by atoms with van der Waals surface area (Å²) in [7, 11) is 0. The normalized spacial score (nSPS) is 23.9. The van der Waals surface area contributed by atoms with Crippen LogP contribution in [0.5, 0.6) is 0 Å². The molecule has 1 saturated carbocycles. The van der Waals surface area contributed by atoms with Crippen LogP contribution in [0, 0.1) is 5.92 Å². The summed E-state index contributed by atoms with van der Waals surface area (Å²) in [5.74, 6) is 0.933. The highest BCUT2D eigenvalue weighted by atomic mass is 32.1. The van der Waals surface area contributed by atoms with E-state index in [2.05, 4.69) is 23.3 Å². The van der Waals surface area contributed by atoms with Gasteiger partial charge in [0.05, 0.1) is 0 Å². The van der Waals surface area contributed by atoms with Crippen molar-refractivity contribution in [3.05, 3.63) is 11.1 Å². The predicted octanol–water partition coefficient (Wildman–Crippen LogP) is 3.80. The molecule has 1 aromatic heterocycles. The number of nitrogens with one attached hydrogen (secondary N) is 1. The molecule has 0 aromatic carbocycles. The Morgan fingerprint density at radius 3 is 2.95 bits per heavy atom. The minimum atomic E-state index is 0.778. The lowest BCUT2D eigenvalue weighted by atomic mass is 9.96. The second-order valence-electron chi connectivity index (χ2n) is 6.23. The van der Waals surface area contributed by atoms with Crippen molar-refractivity contribution in [1.82, 2.24) is 10.3 Å². The predicted molar refractivity (Wildman–Crippen MR) is 86.4 cm³/mol. The molecule has 1 unspecified atom stereocenters. The van der Waals surface area contributed by atoms with Gasteiger partial charge in [0.15, 0.2) is 5.13 Å². The zero-order valence-electron chi connectivity index (χ0n) is 12.6. The third kappa shape index (κ3) is 3.17. The maximum atomic E-state index is 4.70. The van der Waals surface area contributed by atoms with Crippen LogP contribution >= 0.6 is 11.3 Å². The summed E-state index contributed by atoms with van der Waals surface area (Å²) in [5, 5.41) is 4.74. The standard InChI is InChI=1S/C16H27N3S/c1-2-9-17-11-14-12-18-16(20-14)19-10-5-8-15(19)13-6-3-4-7-13/h12-13,15,17H,2-11H2,1H3. The highest BCUT2D eigenvalue weighted by Crippen LogP contribution is 2.38. The van der Waals surface area contributed by atoms with Crippen LogP contribution in [-0.2, 0) is 6.54 Å². The van der Waals surface area contributed by atoms with E-state index in [0.29, 0.717) is 0 Å². The first-order valence-corrected chi connectivity index (χ1v) is 9.12. The van der Waals surface area contributed by atoms with E-state index in [1.807, 2.05) is 11.3 Å². The smallest absolute Gasteiger partial charge is 0.185 e. The molecular formula is C16H27N3S. The molecular weight excluding hydrogens is 266 g/mol. The lowest BCUT2D eigenvalue weighted by molar-refractivity contribution is 0.430. The Bertz CT molecular complexity index is 412. The topological polar surface area (TPSA) is 28.2 Å². The number of aromatic nitrogens is 1. The SMILES string of the molecule is CCCNCc1cnc(N2CCCC2C2CCCC2)s1. The van der Waals surface area contributed by atoms with Crippen LogP contribution < -0.4 is 10.2 Å². The Balaban J connectivity index is 1.62. The summed E-state index contributed by atoms with van der Waals surface area (Å²) in [6.45, 7) is 5.51. The quantitative estimate of drug-likeness (QED) is 0.809. The maximum Gasteiger partial charge on any atom is 0.185 e. The van der Waals surface area contributed by atoms with Gasteiger partial charge in [-0.05, 0) is 44.6 Å². The van der Waals surface area contributed by atoms with E-state index in [0.717, 1.165) is 25.0 Å². The fourth-order valence-electron chi connectivity index (χ4n) is 3.76. The van der Waals surface area contributed by atoms with Gasteiger partial charge >= 0.3 is 0 Å². The number of hydrogen-bond donors (Lipinski definition) is 1. The Morgan fingerprint density at radius 2 is 2.15 bits per heavy atom. The number of anilines is 1. The first-order chi connectivity index (χ1) is 9.88. The molecule has 1 atom stereocenters. The van der Waals surface area contributed by atoms with Crippen LogP contribution in [0.1, 0.15) is 56.7 Å². The van der Waals surface area contributed by atoms with Gasteiger partial charge in [0.1, 0.15) is 0 Å². The minimum Gasteiger partial charge on any atom is -0.345 e. The van der Waals surface area contributed by atoms with Crippen LogP contribution in [0.2, 0.25) is 0 Å². The molecule has 3 nitrogen and oxygen atoms in total. The second kappa shape index (κ2) is 6.90. The zero-order chi connectivity index (χ0) is 13.8. The molecule has 1 aliphatic heterocycles. The van der Waals surface area contributed by atoms with Gasteiger partial charge in [-0.3, -0.25) is 0 Å². The van der Waals surface area contributed by atoms with E-state index in [1.54, 1.807) is 0 Å². The van der Waals surface area contributed by atoms with Gasteiger partial charge in [-0.2, -0.15) is 0 Å². The van der Waals surface area contributed by atoms with Gasteiger partial charge in [0, 0.05) is 30.2 Å². The van der Waals surface area contributed by atoms with E-state index in [9.17, 15) is 0 Å². The van der Waals surface area contributed by atoms with Crippen LogP contribution in [-0.4, -0.2) is 24.1 Å². The molecule has 3 rings (SSSR count). The van der Waals surface area contributed by atoms with Crippen LogP contribution in [0.25, 0.3) is 0 Å². The molecule has 2 aliphatic rings. The molecule has 2 fully saturated rings. The van der Waals surface area contributed by atoms with E-state index in [1.165, 1.54) is 61.5 Å². The molecule has 1 N–H and O–H groups in total. The summed E-state index contributed by atoms with van der Waals surface area (Å²) in [4.78, 5) is 8.70. The summed E-state index contributed by atoms with van der Waals surface area (Å²) in [6.07, 6.45) is 11.8. The van der Waals surface area contributed by atoms with Gasteiger partial charge in [-0.1, -0.05) is 19.8 Å². The third-order valence-electron chi connectivity index (χ3n) is 4.76. The highest BCUT2D eigenvalue weighted by Gasteiger charge is 2.34. The van der Waals surface area contributed by atoms with Crippen LogP contribution in [0.15, 0.2) is 6.20 Å². The van der Waals surface area contributed by atoms with Crippen molar-refractivity contribution in [1.29, 1.82) is 0 Å². The molecule has 112 valence electrons. The molecule has 1 aliphatic carbocycles. The second-order valence-corrected chi connectivity index (χ2v) is 7.33. The Morgan fingerprint density at radius 1 is 1.30 bits per heavy atom. The van der Waals surface area contributed by atoms with Gasteiger partial charge in [0.25, 0.3) is 0 Å². The minimum absolute atomic E-state index is 0.778. The summed E-state index contributed by atoms with van der Waals surface area (Å²) in [5.41, 5.74) is 0. The van der Waals surface area contributed by atoms with Crippen molar-refractivity contribution in [2.75, 3.05) is 18.0 Å². The first kappa shape index (κ1) is 14.3. The van der Waals surface area contributed by atoms with Gasteiger partial charge < -0.3 is 10.2 Å². The van der Waals surface area contributed by atoms with Crippen molar-refractivity contribution in [2.45, 2.75) is 64.5 Å². The van der Waals surface area contributed by atoms with Crippen molar-refractivity contribution in [3.8, 4) is 0 Å². The Hall–Kier alpha value is -0.610. The van der Waals surface area contributed by atoms with Gasteiger partial charge in [-0.25, -0.2) is 4.98 Å². The number of rotatable bonds is 6. The molecule has 1 saturated heterocycles. The molecule has 0 spiro atoms. The highest BCUT2D eigenvalue weighted by molar-refractivity contribution is 7.15. The molecule has 0 radical (unpaired) electrons. The van der Waals surface area contributed by atoms with Crippen molar-refractivity contribution < 1.29 is 0 Å². The average Bonchev–Trinajstić information content (AvgIpc) is 3.19. The number of hydrogen-bond acceptors (Lipinski definition) is 4. The Labute approximate surface area is 126 Å². The zero-order valence-corrected chi connectivity index (χ0v) is 13.4. The van der Waals surface area contributed by atoms with Gasteiger partial charge in [-0.15, -0.1) is 11.3 Å². The summed E-state index contributed by atoms with van der Waals surface area (Å²) < 4.78 is 0. The van der Waals surface area contributed by atoms with Crippen molar-refractivity contribution in [3.63, 3.8) is 0 Å². The molecule has 0 amide bonds. The monoisotopic (exact) mass is 293 g/mol. The molecule has 20 heavy (non-hydrogen) atoms. The first-order valence-electron chi connectivity index (χ1n) is 8.30. The lowest BCUT2D eigenvalue weighted by Crippen LogP contribution is -2.34. The molecule has 0 bridgehead atoms. The summed E-state index contributed by atoms with van der Waals surface area (Å²) >= 11 is 1.90. The van der Waals surface area contributed by atoms with E-state index >= 15 is 0 Å². The van der Waals surface area contributed by atoms with E-state index in [4.69, 9.17) is 4.98 Å². The van der Waals surface area contributed by atoms with Crippen LogP contribution in [0.4, 0.5) is 5.13 Å². The number of nitrogens with zero attached hydrogens (tertiary/aromatic N) is 2. The number of thiazole rings is 1. The van der Waals surface area contributed by atoms with E-state index < -0.39 is 0 Å². The molecule has 4 heteroatoms. The maximum absolute atomic E-state index is 4.70. The fraction of sp³-hybridized carbons (Fsp3) is 0.812.